The van der Waals surface area contributed by atoms with Gasteiger partial charge in [0.1, 0.15) is 0 Å². The lowest BCUT2D eigenvalue weighted by Gasteiger charge is -2.41. The molecule has 0 aromatic heterocycles. The van der Waals surface area contributed by atoms with E-state index in [0.717, 1.165) is 38.5 Å². The molecule has 3 saturated carbocycles. The van der Waals surface area contributed by atoms with E-state index in [0.29, 0.717) is 18.9 Å². The summed E-state index contributed by atoms with van der Waals surface area (Å²) >= 11 is 0. The van der Waals surface area contributed by atoms with E-state index in [1.165, 1.54) is 0 Å². The van der Waals surface area contributed by atoms with E-state index in [4.69, 9.17) is 5.73 Å². The summed E-state index contributed by atoms with van der Waals surface area (Å²) in [6, 6.07) is -0.159. The average molecular weight is 280 g/mol. The quantitative estimate of drug-likeness (QED) is 0.703. The Morgan fingerprint density at radius 3 is 2.50 bits per heavy atom. The molecule has 1 amide bonds. The summed E-state index contributed by atoms with van der Waals surface area (Å²) < 4.78 is 0. The highest BCUT2D eigenvalue weighted by molar-refractivity contribution is 5.79. The van der Waals surface area contributed by atoms with Gasteiger partial charge in [0.15, 0.2) is 0 Å². The fourth-order valence-corrected chi connectivity index (χ4v) is 4.56. The van der Waals surface area contributed by atoms with E-state index < -0.39 is 5.97 Å². The van der Waals surface area contributed by atoms with Crippen LogP contribution in [0, 0.1) is 23.2 Å². The van der Waals surface area contributed by atoms with E-state index in [1.807, 2.05) is 0 Å². The third-order valence-electron chi connectivity index (χ3n) is 5.91. The Labute approximate surface area is 119 Å². The third kappa shape index (κ3) is 2.22. The van der Waals surface area contributed by atoms with E-state index in [1.54, 1.807) is 0 Å². The van der Waals surface area contributed by atoms with Crippen molar-refractivity contribution in [2.24, 2.45) is 28.9 Å². The van der Waals surface area contributed by atoms with Gasteiger partial charge in [0.25, 0.3) is 0 Å². The Balaban J connectivity index is 1.62. The van der Waals surface area contributed by atoms with Crippen molar-refractivity contribution in [2.75, 3.05) is 6.54 Å². The maximum absolute atomic E-state index is 12.3. The predicted octanol–water partition coefficient (Wildman–Crippen LogP) is 1.12. The van der Waals surface area contributed by atoms with Crippen LogP contribution < -0.4 is 11.1 Å². The molecule has 3 aliphatic carbocycles. The largest absolute Gasteiger partial charge is 0.481 e. The molecule has 5 heteroatoms. The molecular formula is C15H24N2O3. The number of carbonyl (C=O) groups excluding carboxylic acids is 1. The Bertz CT molecular complexity index is 414. The first kappa shape index (κ1) is 13.9. The Morgan fingerprint density at radius 1 is 1.25 bits per heavy atom. The molecule has 4 unspecified atom stereocenters. The maximum atomic E-state index is 12.3. The second-order valence-corrected chi connectivity index (χ2v) is 7.02. The number of hydrogen-bond donors (Lipinski definition) is 3. The molecule has 0 aromatic carbocycles. The zero-order valence-electron chi connectivity index (χ0n) is 11.8. The molecule has 3 fully saturated rings. The summed E-state index contributed by atoms with van der Waals surface area (Å²) in [4.78, 5) is 23.7. The summed E-state index contributed by atoms with van der Waals surface area (Å²) in [6.07, 6.45) is 6.68. The van der Waals surface area contributed by atoms with Crippen molar-refractivity contribution >= 4 is 11.9 Å². The van der Waals surface area contributed by atoms with Crippen LogP contribution in [0.4, 0.5) is 0 Å². The third-order valence-corrected chi connectivity index (χ3v) is 5.91. The van der Waals surface area contributed by atoms with Gasteiger partial charge in [-0.2, -0.15) is 0 Å². The number of fused-ring (bicyclic) bond motifs is 2. The van der Waals surface area contributed by atoms with Crippen LogP contribution in [0.2, 0.25) is 0 Å². The standard InChI is InChI=1S/C15H24N2O3/c16-8-15(4-1-5-15)7-11(18)17-13-10-3-2-9(6-10)12(13)14(19)20/h9-10,12-13H,1-8,16H2,(H,17,18)(H,19,20). The van der Waals surface area contributed by atoms with Crippen molar-refractivity contribution in [3.63, 3.8) is 0 Å². The van der Waals surface area contributed by atoms with Crippen LogP contribution in [0.3, 0.4) is 0 Å². The number of carboxylic acids is 1. The second kappa shape index (κ2) is 5.02. The van der Waals surface area contributed by atoms with Crippen LogP contribution in [-0.2, 0) is 9.59 Å². The lowest BCUT2D eigenvalue weighted by Crippen LogP contribution is -2.49. The second-order valence-electron chi connectivity index (χ2n) is 7.02. The molecule has 20 heavy (non-hydrogen) atoms. The molecule has 2 bridgehead atoms. The highest BCUT2D eigenvalue weighted by Gasteiger charge is 2.52. The van der Waals surface area contributed by atoms with Crippen molar-refractivity contribution in [2.45, 2.75) is 51.0 Å². The van der Waals surface area contributed by atoms with Crippen LogP contribution >= 0.6 is 0 Å². The van der Waals surface area contributed by atoms with E-state index >= 15 is 0 Å². The van der Waals surface area contributed by atoms with Gasteiger partial charge in [-0.1, -0.05) is 6.42 Å². The van der Waals surface area contributed by atoms with Gasteiger partial charge in [-0.15, -0.1) is 0 Å². The Morgan fingerprint density at radius 2 is 1.95 bits per heavy atom. The minimum atomic E-state index is -0.750. The van der Waals surface area contributed by atoms with Gasteiger partial charge in [-0.3, -0.25) is 9.59 Å². The summed E-state index contributed by atoms with van der Waals surface area (Å²) in [6.45, 7) is 0.555. The van der Waals surface area contributed by atoms with Crippen LogP contribution in [0.25, 0.3) is 0 Å². The molecule has 4 atom stereocenters. The number of hydrogen-bond acceptors (Lipinski definition) is 3. The zero-order chi connectivity index (χ0) is 14.3. The van der Waals surface area contributed by atoms with Gasteiger partial charge in [0.2, 0.25) is 5.91 Å². The number of nitrogens with one attached hydrogen (secondary N) is 1. The molecule has 0 saturated heterocycles. The number of nitrogens with two attached hydrogens (primary N) is 1. The molecular weight excluding hydrogens is 256 g/mol. The molecule has 4 N–H and O–H groups in total. The number of carbonyl (C=O) groups is 2. The lowest BCUT2D eigenvalue weighted by atomic mass is 9.66. The maximum Gasteiger partial charge on any atom is 0.308 e. The number of rotatable bonds is 5. The van der Waals surface area contributed by atoms with E-state index in [2.05, 4.69) is 5.32 Å². The normalized spacial score (nSPS) is 37.5. The highest BCUT2D eigenvalue weighted by atomic mass is 16.4. The fourth-order valence-electron chi connectivity index (χ4n) is 4.56. The first-order valence-electron chi connectivity index (χ1n) is 7.77. The fraction of sp³-hybridized carbons (Fsp3) is 0.867. The molecule has 0 spiro atoms. The predicted molar refractivity (Wildman–Crippen MR) is 73.8 cm³/mol. The molecule has 112 valence electrons. The van der Waals surface area contributed by atoms with Crippen LogP contribution in [0.1, 0.15) is 44.9 Å². The lowest BCUT2D eigenvalue weighted by molar-refractivity contribution is -0.144. The smallest absolute Gasteiger partial charge is 0.308 e. The summed E-state index contributed by atoms with van der Waals surface area (Å²) in [5.41, 5.74) is 5.77. The van der Waals surface area contributed by atoms with Gasteiger partial charge < -0.3 is 16.2 Å². The number of aliphatic carboxylic acids is 1. The van der Waals surface area contributed by atoms with Gasteiger partial charge >= 0.3 is 5.97 Å². The summed E-state index contributed by atoms with van der Waals surface area (Å²) in [5, 5.41) is 12.4. The first-order chi connectivity index (χ1) is 9.54. The van der Waals surface area contributed by atoms with Crippen LogP contribution in [0.5, 0.6) is 0 Å². The van der Waals surface area contributed by atoms with Gasteiger partial charge in [-0.25, -0.2) is 0 Å². The summed E-state index contributed by atoms with van der Waals surface area (Å²) in [7, 11) is 0. The first-order valence-corrected chi connectivity index (χ1v) is 7.77. The van der Waals surface area contributed by atoms with Gasteiger partial charge in [0, 0.05) is 12.5 Å². The monoisotopic (exact) mass is 280 g/mol. The molecule has 0 heterocycles. The molecule has 5 nitrogen and oxygen atoms in total. The number of amides is 1. The minimum absolute atomic E-state index is 0.000972. The van der Waals surface area contributed by atoms with Crippen molar-refractivity contribution in [1.29, 1.82) is 0 Å². The van der Waals surface area contributed by atoms with Gasteiger partial charge in [0.05, 0.1) is 5.92 Å². The van der Waals surface area contributed by atoms with Crippen molar-refractivity contribution in [3.05, 3.63) is 0 Å². The van der Waals surface area contributed by atoms with E-state index in [-0.39, 0.29) is 29.2 Å². The minimum Gasteiger partial charge on any atom is -0.481 e. The molecule has 3 aliphatic rings. The Hall–Kier alpha value is -1.10. The number of carboxylic acid groups (broad SMARTS) is 1. The van der Waals surface area contributed by atoms with Crippen molar-refractivity contribution in [1.82, 2.24) is 5.32 Å². The zero-order valence-corrected chi connectivity index (χ0v) is 11.8. The van der Waals surface area contributed by atoms with Crippen LogP contribution in [0.15, 0.2) is 0 Å². The van der Waals surface area contributed by atoms with Crippen molar-refractivity contribution in [3.8, 4) is 0 Å². The van der Waals surface area contributed by atoms with E-state index in [9.17, 15) is 14.7 Å². The average Bonchev–Trinajstić information content (AvgIpc) is 2.94. The summed E-state index contributed by atoms with van der Waals surface area (Å²) in [5.74, 6) is -0.512. The molecule has 3 rings (SSSR count). The highest BCUT2D eigenvalue weighted by Crippen LogP contribution is 2.49. The van der Waals surface area contributed by atoms with Crippen LogP contribution in [-0.4, -0.2) is 29.6 Å². The molecule has 0 radical (unpaired) electrons. The molecule has 0 aliphatic heterocycles. The Kier molecular flexibility index (Phi) is 3.48. The topological polar surface area (TPSA) is 92.4 Å². The molecule has 0 aromatic rings. The van der Waals surface area contributed by atoms with Gasteiger partial charge in [-0.05, 0) is 55.9 Å². The van der Waals surface area contributed by atoms with Crippen molar-refractivity contribution < 1.29 is 14.7 Å². The SMILES string of the molecule is NCC1(CC(=O)NC2C3CCC(C3)C2C(=O)O)CCC1.